The van der Waals surface area contributed by atoms with E-state index in [-0.39, 0.29) is 13.2 Å². The minimum absolute atomic E-state index is 0.214. The van der Waals surface area contributed by atoms with Gasteiger partial charge in [0.2, 0.25) is 0 Å². The van der Waals surface area contributed by atoms with Gasteiger partial charge in [-0.05, 0) is 42.8 Å². The molecule has 30 heavy (non-hydrogen) atoms. The Bertz CT molecular complexity index is 819. The average molecular weight is 413 g/mol. The summed E-state index contributed by atoms with van der Waals surface area (Å²) in [6, 6.07) is 15.8. The second kappa shape index (κ2) is 12.3. The van der Waals surface area contributed by atoms with Crippen LogP contribution in [0.2, 0.25) is 0 Å². The van der Waals surface area contributed by atoms with Crippen molar-refractivity contribution < 1.29 is 28.5 Å². The quantitative estimate of drug-likeness (QED) is 0.447. The van der Waals surface area contributed by atoms with Gasteiger partial charge in [0.15, 0.2) is 6.04 Å². The van der Waals surface area contributed by atoms with Crippen LogP contribution in [0.25, 0.3) is 0 Å². The van der Waals surface area contributed by atoms with E-state index in [1.54, 1.807) is 38.3 Å². The lowest BCUT2D eigenvalue weighted by molar-refractivity contribution is -0.147. The molecular weight excluding hydrogens is 386 g/mol. The van der Waals surface area contributed by atoms with Gasteiger partial charge in [0.1, 0.15) is 11.9 Å². The standard InChI is InChI=1S/C23H27NO6/c1-4-29-23(26)22(24-18-10-12-19(27-2)13-11-18)20(14-15-21(25)28-3)30-16-17-8-6-5-7-9-17/h5-15,20,22,24H,4,16H2,1-3H3/b15-14+/t20-,22+/m1/s1. The SMILES string of the molecule is CCOC(=O)[C@@H](Nc1ccc(OC)cc1)[C@@H](/C=C/C(=O)OC)OCc1ccccc1. The van der Waals surface area contributed by atoms with E-state index in [0.717, 1.165) is 5.56 Å². The normalized spacial score (nSPS) is 12.8. The summed E-state index contributed by atoms with van der Waals surface area (Å²) in [5.74, 6) is -0.355. The Morgan fingerprint density at radius 1 is 1.03 bits per heavy atom. The number of anilines is 1. The van der Waals surface area contributed by atoms with Crippen molar-refractivity contribution in [1.82, 2.24) is 0 Å². The van der Waals surface area contributed by atoms with Crippen LogP contribution in [-0.4, -0.2) is 44.9 Å². The van der Waals surface area contributed by atoms with Crippen molar-refractivity contribution in [1.29, 1.82) is 0 Å². The van der Waals surface area contributed by atoms with Gasteiger partial charge in [0, 0.05) is 11.8 Å². The molecule has 2 aromatic rings. The van der Waals surface area contributed by atoms with Crippen LogP contribution in [0.1, 0.15) is 12.5 Å². The molecule has 7 nitrogen and oxygen atoms in total. The lowest BCUT2D eigenvalue weighted by Crippen LogP contribution is -2.42. The van der Waals surface area contributed by atoms with Crippen molar-refractivity contribution in [3.05, 3.63) is 72.3 Å². The number of carbonyl (C=O) groups is 2. The molecule has 0 aromatic heterocycles. The monoisotopic (exact) mass is 413 g/mol. The highest BCUT2D eigenvalue weighted by molar-refractivity contribution is 5.83. The van der Waals surface area contributed by atoms with Gasteiger partial charge in [-0.15, -0.1) is 0 Å². The number of rotatable bonds is 11. The first-order chi connectivity index (χ1) is 14.6. The number of carbonyl (C=O) groups excluding carboxylic acids is 2. The van der Waals surface area contributed by atoms with E-state index < -0.39 is 24.1 Å². The van der Waals surface area contributed by atoms with Crippen molar-refractivity contribution >= 4 is 17.6 Å². The van der Waals surface area contributed by atoms with Gasteiger partial charge >= 0.3 is 11.9 Å². The largest absolute Gasteiger partial charge is 0.497 e. The van der Waals surface area contributed by atoms with Crippen molar-refractivity contribution in [3.8, 4) is 5.75 Å². The summed E-state index contributed by atoms with van der Waals surface area (Å²) >= 11 is 0. The summed E-state index contributed by atoms with van der Waals surface area (Å²) in [7, 11) is 2.86. The predicted octanol–water partition coefficient (Wildman–Crippen LogP) is 3.35. The second-order valence-corrected chi connectivity index (χ2v) is 6.25. The molecule has 2 aromatic carbocycles. The molecule has 0 bridgehead atoms. The molecule has 0 unspecified atom stereocenters. The highest BCUT2D eigenvalue weighted by Crippen LogP contribution is 2.19. The zero-order chi connectivity index (χ0) is 21.8. The number of methoxy groups -OCH3 is 2. The lowest BCUT2D eigenvalue weighted by atomic mass is 10.1. The molecule has 0 aliphatic rings. The first-order valence-electron chi connectivity index (χ1n) is 9.56. The number of ether oxygens (including phenoxy) is 4. The van der Waals surface area contributed by atoms with E-state index >= 15 is 0 Å². The Kier molecular flexibility index (Phi) is 9.40. The topological polar surface area (TPSA) is 83.1 Å². The molecule has 1 N–H and O–H groups in total. The van der Waals surface area contributed by atoms with E-state index in [1.165, 1.54) is 19.3 Å². The Morgan fingerprint density at radius 3 is 2.33 bits per heavy atom. The zero-order valence-electron chi connectivity index (χ0n) is 17.4. The molecule has 2 atom stereocenters. The molecule has 0 aliphatic carbocycles. The van der Waals surface area contributed by atoms with Crippen LogP contribution >= 0.6 is 0 Å². The summed E-state index contributed by atoms with van der Waals surface area (Å²) in [6.45, 7) is 2.19. The molecular formula is C23H27NO6. The molecule has 7 heteroatoms. The van der Waals surface area contributed by atoms with E-state index in [0.29, 0.717) is 11.4 Å². The highest BCUT2D eigenvalue weighted by Gasteiger charge is 2.29. The Hall–Kier alpha value is -3.32. The molecule has 0 aliphatic heterocycles. The Labute approximate surface area is 176 Å². The summed E-state index contributed by atoms with van der Waals surface area (Å²) < 4.78 is 21.0. The van der Waals surface area contributed by atoms with Gasteiger partial charge in [0.05, 0.1) is 27.4 Å². The molecule has 0 saturated heterocycles. The summed E-state index contributed by atoms with van der Waals surface area (Å²) in [6.07, 6.45) is 1.94. The van der Waals surface area contributed by atoms with Gasteiger partial charge in [0.25, 0.3) is 0 Å². The van der Waals surface area contributed by atoms with Crippen LogP contribution in [0, 0.1) is 0 Å². The van der Waals surface area contributed by atoms with Gasteiger partial charge in [-0.25, -0.2) is 9.59 Å². The van der Waals surface area contributed by atoms with Crippen LogP contribution in [0.4, 0.5) is 5.69 Å². The van der Waals surface area contributed by atoms with Gasteiger partial charge in [-0.3, -0.25) is 0 Å². The number of nitrogens with one attached hydrogen (secondary N) is 1. The third kappa shape index (κ3) is 7.25. The van der Waals surface area contributed by atoms with Crippen LogP contribution in [-0.2, 0) is 30.4 Å². The molecule has 0 heterocycles. The number of esters is 2. The minimum atomic E-state index is -0.886. The van der Waals surface area contributed by atoms with Crippen molar-refractivity contribution in [2.24, 2.45) is 0 Å². The lowest BCUT2D eigenvalue weighted by Gasteiger charge is -2.25. The van der Waals surface area contributed by atoms with E-state index in [9.17, 15) is 9.59 Å². The van der Waals surface area contributed by atoms with Gasteiger partial charge in [-0.1, -0.05) is 30.3 Å². The van der Waals surface area contributed by atoms with E-state index in [4.69, 9.17) is 14.2 Å². The minimum Gasteiger partial charge on any atom is -0.497 e. The van der Waals surface area contributed by atoms with E-state index in [2.05, 4.69) is 10.1 Å². The smallest absolute Gasteiger partial charge is 0.331 e. The Balaban J connectivity index is 2.27. The third-order valence-electron chi connectivity index (χ3n) is 4.19. The Morgan fingerprint density at radius 2 is 1.73 bits per heavy atom. The predicted molar refractivity (Wildman–Crippen MR) is 113 cm³/mol. The van der Waals surface area contributed by atoms with Crippen LogP contribution in [0.3, 0.4) is 0 Å². The first-order valence-corrected chi connectivity index (χ1v) is 9.56. The third-order valence-corrected chi connectivity index (χ3v) is 4.19. The van der Waals surface area contributed by atoms with Crippen LogP contribution in [0.15, 0.2) is 66.7 Å². The summed E-state index contributed by atoms with van der Waals surface area (Å²) in [5, 5.41) is 3.13. The second-order valence-electron chi connectivity index (χ2n) is 6.25. The van der Waals surface area contributed by atoms with Crippen LogP contribution < -0.4 is 10.1 Å². The molecule has 0 radical (unpaired) electrons. The average Bonchev–Trinajstić information content (AvgIpc) is 2.79. The fourth-order valence-electron chi connectivity index (χ4n) is 2.65. The molecule has 2 rings (SSSR count). The fourth-order valence-corrected chi connectivity index (χ4v) is 2.65. The van der Waals surface area contributed by atoms with Crippen molar-refractivity contribution in [3.63, 3.8) is 0 Å². The number of benzene rings is 2. The summed E-state index contributed by atoms with van der Waals surface area (Å²) in [5.41, 5.74) is 1.61. The maximum Gasteiger partial charge on any atom is 0.331 e. The fraction of sp³-hybridized carbons (Fsp3) is 0.304. The van der Waals surface area contributed by atoms with Gasteiger partial charge < -0.3 is 24.3 Å². The van der Waals surface area contributed by atoms with Gasteiger partial charge in [-0.2, -0.15) is 0 Å². The van der Waals surface area contributed by atoms with E-state index in [1.807, 2.05) is 30.3 Å². The molecule has 160 valence electrons. The highest BCUT2D eigenvalue weighted by atomic mass is 16.5. The van der Waals surface area contributed by atoms with Crippen molar-refractivity contribution in [2.75, 3.05) is 26.1 Å². The maximum absolute atomic E-state index is 12.7. The summed E-state index contributed by atoms with van der Waals surface area (Å²) in [4.78, 5) is 24.3. The van der Waals surface area contributed by atoms with Crippen LogP contribution in [0.5, 0.6) is 5.75 Å². The molecule has 0 fully saturated rings. The number of hydrogen-bond donors (Lipinski definition) is 1. The first kappa shape index (κ1) is 23.0. The maximum atomic E-state index is 12.7. The molecule has 0 amide bonds. The zero-order valence-corrected chi connectivity index (χ0v) is 17.4. The molecule has 0 spiro atoms. The molecule has 0 saturated carbocycles. The van der Waals surface area contributed by atoms with Crippen molar-refractivity contribution in [2.45, 2.75) is 25.7 Å². The number of hydrogen-bond acceptors (Lipinski definition) is 7.